The van der Waals surface area contributed by atoms with Gasteiger partial charge in [0.1, 0.15) is 0 Å². The Bertz CT molecular complexity index is 253. The van der Waals surface area contributed by atoms with Gasteiger partial charge in [0, 0.05) is 6.54 Å². The lowest BCUT2D eigenvalue weighted by Gasteiger charge is -2.24. The highest BCUT2D eigenvalue weighted by Gasteiger charge is 2.36. The molecule has 2 heterocycles. The largest absolute Gasteiger partial charge is 0.326 e. The number of nitrogens with one attached hydrogen (secondary N) is 1. The van der Waals surface area contributed by atoms with Crippen LogP contribution in [0.5, 0.6) is 0 Å². The van der Waals surface area contributed by atoms with Crippen LogP contribution in [0.15, 0.2) is 0 Å². The van der Waals surface area contributed by atoms with Crippen LogP contribution in [0.1, 0.15) is 33.1 Å². The zero-order valence-corrected chi connectivity index (χ0v) is 11.1. The topological polar surface area (TPSA) is 32.3 Å². The van der Waals surface area contributed by atoms with Crippen molar-refractivity contribution in [2.45, 2.75) is 45.3 Å². The van der Waals surface area contributed by atoms with Crippen LogP contribution in [0.2, 0.25) is 0 Å². The molecule has 0 aromatic heterocycles. The van der Waals surface area contributed by atoms with Crippen LogP contribution in [0, 0.1) is 5.92 Å². The van der Waals surface area contributed by atoms with Crippen molar-refractivity contribution >= 4 is 17.7 Å². The number of carbonyl (C=O) groups excluding carboxylic acids is 1. The van der Waals surface area contributed by atoms with Gasteiger partial charge in [0.15, 0.2) is 0 Å². The molecule has 0 saturated carbocycles. The standard InChI is InChI=1S/C12H22N2OS/c1-3-4-11-12(15)14(9(2)13-11)7-10-5-6-16-8-10/h9-11,13H,3-8H2,1-2H3. The second kappa shape index (κ2) is 5.41. The highest BCUT2D eigenvalue weighted by molar-refractivity contribution is 7.99. The number of nitrogens with zero attached hydrogens (tertiary/aromatic N) is 1. The van der Waals surface area contributed by atoms with E-state index in [0.29, 0.717) is 5.91 Å². The third kappa shape index (κ3) is 2.54. The molecule has 2 saturated heterocycles. The molecule has 0 aromatic carbocycles. The van der Waals surface area contributed by atoms with Crippen molar-refractivity contribution in [3.05, 3.63) is 0 Å². The van der Waals surface area contributed by atoms with Gasteiger partial charge in [-0.1, -0.05) is 13.3 Å². The predicted molar refractivity (Wildman–Crippen MR) is 68.4 cm³/mol. The van der Waals surface area contributed by atoms with E-state index in [1.165, 1.54) is 17.9 Å². The molecule has 4 heteroatoms. The molecule has 3 unspecified atom stereocenters. The molecule has 1 amide bonds. The van der Waals surface area contributed by atoms with Crippen LogP contribution in [-0.2, 0) is 4.79 Å². The minimum absolute atomic E-state index is 0.0778. The van der Waals surface area contributed by atoms with Crippen LogP contribution < -0.4 is 5.32 Å². The van der Waals surface area contributed by atoms with Gasteiger partial charge in [0.05, 0.1) is 12.2 Å². The van der Waals surface area contributed by atoms with Gasteiger partial charge in [0.25, 0.3) is 0 Å². The van der Waals surface area contributed by atoms with Crippen molar-refractivity contribution in [3.8, 4) is 0 Å². The summed E-state index contributed by atoms with van der Waals surface area (Å²) in [6, 6.07) is 0.0778. The van der Waals surface area contributed by atoms with Crippen LogP contribution in [-0.4, -0.2) is 41.1 Å². The van der Waals surface area contributed by atoms with Crippen molar-refractivity contribution < 1.29 is 4.79 Å². The predicted octanol–water partition coefficient (Wildman–Crippen LogP) is 1.69. The van der Waals surface area contributed by atoms with Gasteiger partial charge in [-0.2, -0.15) is 11.8 Å². The summed E-state index contributed by atoms with van der Waals surface area (Å²) in [5.41, 5.74) is 0. The molecule has 2 aliphatic heterocycles. The third-order valence-corrected chi connectivity index (χ3v) is 4.78. The maximum atomic E-state index is 12.2. The molecule has 92 valence electrons. The monoisotopic (exact) mass is 242 g/mol. The zero-order valence-electron chi connectivity index (χ0n) is 10.2. The lowest BCUT2D eigenvalue weighted by Crippen LogP contribution is -2.38. The third-order valence-electron chi connectivity index (χ3n) is 3.55. The summed E-state index contributed by atoms with van der Waals surface area (Å²) in [6.45, 7) is 5.20. The second-order valence-electron chi connectivity index (χ2n) is 4.90. The van der Waals surface area contributed by atoms with E-state index < -0.39 is 0 Å². The van der Waals surface area contributed by atoms with Gasteiger partial charge in [-0.25, -0.2) is 0 Å². The van der Waals surface area contributed by atoms with Gasteiger partial charge in [-0.3, -0.25) is 10.1 Å². The molecule has 2 aliphatic rings. The van der Waals surface area contributed by atoms with Crippen molar-refractivity contribution in [1.82, 2.24) is 10.2 Å². The molecule has 0 radical (unpaired) electrons. The summed E-state index contributed by atoms with van der Waals surface area (Å²) < 4.78 is 0. The number of rotatable bonds is 4. The molecule has 0 bridgehead atoms. The van der Waals surface area contributed by atoms with Gasteiger partial charge in [-0.05, 0) is 37.2 Å². The van der Waals surface area contributed by atoms with E-state index in [2.05, 4.69) is 24.1 Å². The maximum absolute atomic E-state index is 12.2. The van der Waals surface area contributed by atoms with E-state index in [9.17, 15) is 4.79 Å². The molecule has 1 N–H and O–H groups in total. The number of thioether (sulfide) groups is 1. The molecule has 0 aliphatic carbocycles. The SMILES string of the molecule is CCCC1NC(C)N(CC2CCSC2)C1=O. The van der Waals surface area contributed by atoms with Crippen molar-refractivity contribution in [2.75, 3.05) is 18.1 Å². The summed E-state index contributed by atoms with van der Waals surface area (Å²) in [7, 11) is 0. The Balaban J connectivity index is 1.90. The summed E-state index contributed by atoms with van der Waals surface area (Å²) in [6.07, 6.45) is 3.55. The summed E-state index contributed by atoms with van der Waals surface area (Å²) in [5, 5.41) is 3.40. The second-order valence-corrected chi connectivity index (χ2v) is 6.05. The average Bonchev–Trinajstić information content (AvgIpc) is 2.84. The number of hydrogen-bond donors (Lipinski definition) is 1. The minimum atomic E-state index is 0.0778. The molecule has 16 heavy (non-hydrogen) atoms. The molecule has 3 nitrogen and oxygen atoms in total. The summed E-state index contributed by atoms with van der Waals surface area (Å²) in [4.78, 5) is 14.2. The molecule has 0 aromatic rings. The fourth-order valence-electron chi connectivity index (χ4n) is 2.59. The fraction of sp³-hybridized carbons (Fsp3) is 0.917. The minimum Gasteiger partial charge on any atom is -0.326 e. The molecule has 3 atom stereocenters. The van der Waals surface area contributed by atoms with Gasteiger partial charge >= 0.3 is 0 Å². The average molecular weight is 242 g/mol. The smallest absolute Gasteiger partial charge is 0.241 e. The van der Waals surface area contributed by atoms with E-state index in [1.807, 2.05) is 11.8 Å². The Morgan fingerprint density at radius 2 is 2.38 bits per heavy atom. The van der Waals surface area contributed by atoms with Crippen LogP contribution >= 0.6 is 11.8 Å². The number of carbonyl (C=O) groups is 1. The first-order valence-electron chi connectivity index (χ1n) is 6.36. The van der Waals surface area contributed by atoms with Gasteiger partial charge in [-0.15, -0.1) is 0 Å². The lowest BCUT2D eigenvalue weighted by molar-refractivity contribution is -0.130. The number of amides is 1. The van der Waals surface area contributed by atoms with Gasteiger partial charge < -0.3 is 4.90 Å². The molecule has 2 fully saturated rings. The van der Waals surface area contributed by atoms with E-state index in [1.54, 1.807) is 0 Å². The van der Waals surface area contributed by atoms with Crippen LogP contribution in [0.25, 0.3) is 0 Å². The number of hydrogen-bond acceptors (Lipinski definition) is 3. The first kappa shape index (κ1) is 12.2. The zero-order chi connectivity index (χ0) is 11.5. The Hall–Kier alpha value is -0.220. The molecule has 2 rings (SSSR count). The van der Waals surface area contributed by atoms with E-state index >= 15 is 0 Å². The van der Waals surface area contributed by atoms with Crippen LogP contribution in [0.3, 0.4) is 0 Å². The van der Waals surface area contributed by atoms with Crippen molar-refractivity contribution in [2.24, 2.45) is 5.92 Å². The van der Waals surface area contributed by atoms with Crippen LogP contribution in [0.4, 0.5) is 0 Å². The molecular weight excluding hydrogens is 220 g/mol. The first-order chi connectivity index (χ1) is 7.72. The highest BCUT2D eigenvalue weighted by Crippen LogP contribution is 2.26. The van der Waals surface area contributed by atoms with Crippen molar-refractivity contribution in [3.63, 3.8) is 0 Å². The van der Waals surface area contributed by atoms with E-state index in [-0.39, 0.29) is 12.2 Å². The Kier molecular flexibility index (Phi) is 4.14. The first-order valence-corrected chi connectivity index (χ1v) is 7.52. The quantitative estimate of drug-likeness (QED) is 0.814. The summed E-state index contributed by atoms with van der Waals surface area (Å²) >= 11 is 2.02. The summed E-state index contributed by atoms with van der Waals surface area (Å²) in [5.74, 6) is 3.55. The maximum Gasteiger partial charge on any atom is 0.241 e. The van der Waals surface area contributed by atoms with E-state index in [0.717, 1.165) is 25.3 Å². The Morgan fingerprint density at radius 3 is 3.00 bits per heavy atom. The molecular formula is C12H22N2OS. The Morgan fingerprint density at radius 1 is 1.56 bits per heavy atom. The van der Waals surface area contributed by atoms with Crippen molar-refractivity contribution in [1.29, 1.82) is 0 Å². The van der Waals surface area contributed by atoms with E-state index in [4.69, 9.17) is 0 Å². The normalized spacial score (nSPS) is 35.0. The highest BCUT2D eigenvalue weighted by atomic mass is 32.2. The Labute approximate surface area is 102 Å². The fourth-order valence-corrected chi connectivity index (χ4v) is 3.86. The van der Waals surface area contributed by atoms with Gasteiger partial charge in [0.2, 0.25) is 5.91 Å². The lowest BCUT2D eigenvalue weighted by atomic mass is 10.1. The molecule has 0 spiro atoms.